The van der Waals surface area contributed by atoms with Crippen LogP contribution in [0.1, 0.15) is 42.1 Å². The maximum absolute atomic E-state index is 13.2. The summed E-state index contributed by atoms with van der Waals surface area (Å²) in [5.74, 6) is 2.56. The van der Waals surface area contributed by atoms with Crippen molar-refractivity contribution in [1.29, 1.82) is 5.26 Å². The third-order valence-electron chi connectivity index (χ3n) is 4.49. The molecule has 0 aliphatic heterocycles. The molecule has 1 N–H and O–H groups in total. The van der Waals surface area contributed by atoms with Gasteiger partial charge in [0.05, 0.1) is 23.9 Å². The fraction of sp³-hybridized carbons (Fsp3) is 0.286. The summed E-state index contributed by atoms with van der Waals surface area (Å²) >= 11 is 0. The van der Waals surface area contributed by atoms with Crippen molar-refractivity contribution in [1.82, 2.24) is 15.1 Å². The van der Waals surface area contributed by atoms with E-state index >= 15 is 0 Å². The molecule has 1 aliphatic rings. The smallest absolute Gasteiger partial charge is 0.277 e. The summed E-state index contributed by atoms with van der Waals surface area (Å²) in [5.41, 5.74) is 3.64. The molecule has 1 aliphatic carbocycles. The van der Waals surface area contributed by atoms with Crippen LogP contribution in [0.3, 0.4) is 0 Å². The number of allylic oxidation sites excluding steroid dienone is 1. The van der Waals surface area contributed by atoms with Crippen LogP contribution in [-0.2, 0) is 0 Å². The van der Waals surface area contributed by atoms with E-state index in [1.54, 1.807) is 6.07 Å². The van der Waals surface area contributed by atoms with E-state index in [9.17, 15) is 10.1 Å². The molecule has 0 spiro atoms. The minimum absolute atomic E-state index is 0.287. The van der Waals surface area contributed by atoms with Crippen LogP contribution in [0.2, 0.25) is 0 Å². The van der Waals surface area contributed by atoms with Crippen LogP contribution in [0, 0.1) is 30.6 Å². The quantitative estimate of drug-likeness (QED) is 0.847. The van der Waals surface area contributed by atoms with Gasteiger partial charge in [0.15, 0.2) is 6.04 Å². The van der Waals surface area contributed by atoms with Crippen LogP contribution >= 0.6 is 0 Å². The molecule has 1 unspecified atom stereocenters. The Morgan fingerprint density at radius 3 is 2.69 bits per heavy atom. The number of hydrogen-bond acceptors (Lipinski definition) is 4. The van der Waals surface area contributed by atoms with Crippen LogP contribution < -0.4 is 10.9 Å². The third kappa shape index (κ3) is 3.38. The monoisotopic (exact) mass is 344 g/mol. The Bertz CT molecular complexity index is 968. The third-order valence-corrected chi connectivity index (χ3v) is 4.49. The molecule has 1 fully saturated rings. The molecule has 0 radical (unpaired) electrons. The van der Waals surface area contributed by atoms with E-state index in [0.717, 1.165) is 30.5 Å². The van der Waals surface area contributed by atoms with E-state index < -0.39 is 6.04 Å². The zero-order valence-corrected chi connectivity index (χ0v) is 14.7. The van der Waals surface area contributed by atoms with Gasteiger partial charge in [0.1, 0.15) is 0 Å². The standard InChI is InChI=1S/C21H20N4O/c1-3-12-23-20(17-10-7-11-17)18-13-15(2)24-25(21(18)26)19(14-22)16-8-5-4-6-9-16/h1,4-6,8-9,13,19,23H,7,10-12H2,2H3. The second-order valence-corrected chi connectivity index (χ2v) is 6.28. The summed E-state index contributed by atoms with van der Waals surface area (Å²) in [6.07, 6.45) is 8.40. The molecular weight excluding hydrogens is 324 g/mol. The van der Waals surface area contributed by atoms with Crippen molar-refractivity contribution in [2.24, 2.45) is 0 Å². The van der Waals surface area contributed by atoms with Crippen molar-refractivity contribution < 1.29 is 0 Å². The molecule has 1 saturated carbocycles. The lowest BCUT2D eigenvalue weighted by atomic mass is 9.88. The van der Waals surface area contributed by atoms with E-state index in [0.29, 0.717) is 17.8 Å². The summed E-state index contributed by atoms with van der Waals surface area (Å²) in [5, 5.41) is 17.2. The van der Waals surface area contributed by atoms with Gasteiger partial charge in [-0.25, -0.2) is 4.68 Å². The predicted octanol–water partition coefficient (Wildman–Crippen LogP) is 2.78. The number of rotatable bonds is 5. The van der Waals surface area contributed by atoms with E-state index in [-0.39, 0.29) is 5.56 Å². The fourth-order valence-electron chi connectivity index (χ4n) is 3.05. The maximum atomic E-state index is 13.2. The lowest BCUT2D eigenvalue weighted by Gasteiger charge is -2.23. The number of nitrogens with zero attached hydrogens (tertiary/aromatic N) is 3. The molecule has 0 bridgehead atoms. The molecule has 5 nitrogen and oxygen atoms in total. The number of hydrogen-bond donors (Lipinski definition) is 1. The highest BCUT2D eigenvalue weighted by Crippen LogP contribution is 2.31. The fourth-order valence-corrected chi connectivity index (χ4v) is 3.05. The molecule has 1 aromatic carbocycles. The molecule has 3 rings (SSSR count). The maximum Gasteiger partial charge on any atom is 0.277 e. The number of terminal acetylenes is 1. The molecule has 5 heteroatoms. The highest BCUT2D eigenvalue weighted by atomic mass is 16.1. The van der Waals surface area contributed by atoms with Gasteiger partial charge in [-0.15, -0.1) is 6.42 Å². The van der Waals surface area contributed by atoms with Gasteiger partial charge < -0.3 is 5.32 Å². The van der Waals surface area contributed by atoms with Crippen molar-refractivity contribution in [2.45, 2.75) is 32.2 Å². The first-order valence-electron chi connectivity index (χ1n) is 8.60. The zero-order valence-electron chi connectivity index (χ0n) is 14.7. The average molecular weight is 344 g/mol. The highest BCUT2D eigenvalue weighted by molar-refractivity contribution is 5.68. The Morgan fingerprint density at radius 2 is 2.12 bits per heavy atom. The first-order chi connectivity index (χ1) is 12.7. The molecule has 0 amide bonds. The van der Waals surface area contributed by atoms with Crippen LogP contribution in [0.5, 0.6) is 0 Å². The molecule has 1 atom stereocenters. The Labute approximate surface area is 153 Å². The van der Waals surface area contributed by atoms with Crippen molar-refractivity contribution in [2.75, 3.05) is 6.54 Å². The van der Waals surface area contributed by atoms with Crippen LogP contribution in [0.4, 0.5) is 0 Å². The van der Waals surface area contributed by atoms with E-state index in [1.807, 2.05) is 37.3 Å². The summed E-state index contributed by atoms with van der Waals surface area (Å²) in [6, 6.07) is 12.4. The number of nitrogens with one attached hydrogen (secondary N) is 1. The second-order valence-electron chi connectivity index (χ2n) is 6.28. The topological polar surface area (TPSA) is 70.7 Å². The average Bonchev–Trinajstić information content (AvgIpc) is 2.61. The van der Waals surface area contributed by atoms with Crippen molar-refractivity contribution in [3.8, 4) is 18.4 Å². The van der Waals surface area contributed by atoms with E-state index in [1.165, 1.54) is 10.3 Å². The minimum Gasteiger partial charge on any atom is -0.374 e. The summed E-state index contributed by atoms with van der Waals surface area (Å²) in [6.45, 7) is 2.17. The number of nitriles is 1. The van der Waals surface area contributed by atoms with Crippen LogP contribution in [0.25, 0.3) is 5.70 Å². The molecule has 0 saturated heterocycles. The Morgan fingerprint density at radius 1 is 1.38 bits per heavy atom. The molecule has 26 heavy (non-hydrogen) atoms. The van der Waals surface area contributed by atoms with Gasteiger partial charge in [0.2, 0.25) is 0 Å². The Kier molecular flexibility index (Phi) is 5.20. The van der Waals surface area contributed by atoms with Gasteiger partial charge in [-0.1, -0.05) is 36.3 Å². The van der Waals surface area contributed by atoms with Crippen molar-refractivity contribution in [3.63, 3.8) is 0 Å². The van der Waals surface area contributed by atoms with Gasteiger partial charge >= 0.3 is 0 Å². The molecule has 1 heterocycles. The van der Waals surface area contributed by atoms with Crippen molar-refractivity contribution >= 4 is 5.70 Å². The Balaban J connectivity index is 2.14. The first-order valence-corrected chi connectivity index (χ1v) is 8.60. The molecule has 130 valence electrons. The lowest BCUT2D eigenvalue weighted by Crippen LogP contribution is -2.33. The van der Waals surface area contributed by atoms with Crippen LogP contribution in [-0.4, -0.2) is 16.3 Å². The van der Waals surface area contributed by atoms with E-state index in [2.05, 4.69) is 22.4 Å². The van der Waals surface area contributed by atoms with Gasteiger partial charge in [0.25, 0.3) is 5.56 Å². The lowest BCUT2D eigenvalue weighted by molar-refractivity contribution is 0.571. The highest BCUT2D eigenvalue weighted by Gasteiger charge is 2.22. The van der Waals surface area contributed by atoms with Crippen molar-refractivity contribution in [3.05, 3.63) is 69.1 Å². The number of aromatic nitrogens is 2. The number of benzene rings is 1. The SMILES string of the molecule is C#CCNC(=C1CCC1)c1cc(C)nn(C(C#N)c2ccccc2)c1=O. The van der Waals surface area contributed by atoms with E-state index in [4.69, 9.17) is 6.42 Å². The Hall–Kier alpha value is -3.31. The molecule has 2 aromatic rings. The van der Waals surface area contributed by atoms with Gasteiger partial charge in [-0.05, 0) is 43.4 Å². The largest absolute Gasteiger partial charge is 0.374 e. The molecular formula is C21H20N4O. The zero-order chi connectivity index (χ0) is 18.5. The van der Waals surface area contributed by atoms with Crippen LogP contribution in [0.15, 0.2) is 46.8 Å². The predicted molar refractivity (Wildman–Crippen MR) is 101 cm³/mol. The van der Waals surface area contributed by atoms with Gasteiger partial charge in [-0.2, -0.15) is 10.4 Å². The second kappa shape index (κ2) is 7.72. The van der Waals surface area contributed by atoms with Gasteiger partial charge in [-0.3, -0.25) is 4.79 Å². The summed E-state index contributed by atoms with van der Waals surface area (Å²) in [7, 11) is 0. The van der Waals surface area contributed by atoms with Gasteiger partial charge in [0, 0.05) is 5.70 Å². The summed E-state index contributed by atoms with van der Waals surface area (Å²) < 4.78 is 1.27. The minimum atomic E-state index is -0.775. The summed E-state index contributed by atoms with van der Waals surface area (Å²) in [4.78, 5) is 13.2. The number of aryl methyl sites for hydroxylation is 1. The molecule has 1 aromatic heterocycles. The first kappa shape index (κ1) is 17.5. The normalized spacial score (nSPS) is 13.9.